The number of carbonyl (C=O) groups excluding carboxylic acids is 1. The molecule has 0 radical (unpaired) electrons. The summed E-state index contributed by atoms with van der Waals surface area (Å²) in [5.41, 5.74) is 1.52. The van der Waals surface area contributed by atoms with Crippen molar-refractivity contribution in [1.29, 1.82) is 5.26 Å². The summed E-state index contributed by atoms with van der Waals surface area (Å²) in [6.07, 6.45) is 4.83. The zero-order chi connectivity index (χ0) is 23.1. The fraction of sp³-hybridized carbons (Fsp3) is 0.500. The third-order valence-corrected chi connectivity index (χ3v) is 5.71. The van der Waals surface area contributed by atoms with Crippen LogP contribution >= 0.6 is 0 Å². The number of hydrogen-bond acceptors (Lipinski definition) is 8. The second-order valence-electron chi connectivity index (χ2n) is 8.04. The van der Waals surface area contributed by atoms with Crippen LogP contribution in [-0.4, -0.2) is 71.4 Å². The van der Waals surface area contributed by atoms with Crippen molar-refractivity contribution in [3.05, 3.63) is 46.0 Å². The molecular weight excluding hydrogens is 410 g/mol. The molecule has 2 N–H and O–H groups in total. The normalized spacial score (nSPS) is 15.1. The lowest BCUT2D eigenvalue weighted by Crippen LogP contribution is -2.47. The number of carbonyl (C=O) groups is 1. The first-order chi connectivity index (χ1) is 15.4. The van der Waals surface area contributed by atoms with E-state index in [1.807, 2.05) is 20.0 Å². The fourth-order valence-electron chi connectivity index (χ4n) is 3.66. The van der Waals surface area contributed by atoms with Gasteiger partial charge in [-0.3, -0.25) is 9.59 Å². The van der Waals surface area contributed by atoms with Gasteiger partial charge in [-0.2, -0.15) is 10.4 Å². The number of nitrogens with one attached hydrogen (secondary N) is 2. The van der Waals surface area contributed by atoms with Crippen LogP contribution in [0.3, 0.4) is 0 Å². The number of amides is 1. The molecule has 0 aliphatic carbocycles. The molecule has 0 bridgehead atoms. The first kappa shape index (κ1) is 23.2. The Morgan fingerprint density at radius 3 is 2.81 bits per heavy atom. The third kappa shape index (κ3) is 5.82. The van der Waals surface area contributed by atoms with E-state index < -0.39 is 0 Å². The maximum Gasteiger partial charge on any atom is 0.269 e. The van der Waals surface area contributed by atoms with Gasteiger partial charge in [0.2, 0.25) is 5.91 Å². The van der Waals surface area contributed by atoms with Crippen LogP contribution in [0.15, 0.2) is 29.3 Å². The third-order valence-electron chi connectivity index (χ3n) is 5.71. The van der Waals surface area contributed by atoms with Crippen molar-refractivity contribution in [2.75, 3.05) is 43.6 Å². The Labute approximate surface area is 187 Å². The van der Waals surface area contributed by atoms with E-state index in [1.54, 1.807) is 30.3 Å². The number of aromatic nitrogens is 3. The number of nitrogens with zero attached hydrogens (tertiary/aromatic N) is 5. The maximum atomic E-state index is 12.6. The summed E-state index contributed by atoms with van der Waals surface area (Å²) in [4.78, 5) is 32.5. The summed E-state index contributed by atoms with van der Waals surface area (Å²) >= 11 is 0. The van der Waals surface area contributed by atoms with Crippen LogP contribution in [0.5, 0.6) is 0 Å². The standard InChI is InChI=1S/C22H29N7O3/c1-15(26-19-12-25-27-22(31)16(19)2)13-32-14-21(30)28(3)18-6-8-29(9-7-18)20-5-4-17(10-23)11-24-20/h4-5,11-12,15,18H,6-9,13-14H2,1-3H3,(H2,26,27,31)/t15-/m0/s1. The lowest BCUT2D eigenvalue weighted by Gasteiger charge is -2.37. The van der Waals surface area contributed by atoms with Crippen LogP contribution < -0.4 is 15.8 Å². The Bertz CT molecular complexity index is 1010. The Kier molecular flexibility index (Phi) is 7.78. The van der Waals surface area contributed by atoms with Crippen molar-refractivity contribution in [3.63, 3.8) is 0 Å². The van der Waals surface area contributed by atoms with Gasteiger partial charge in [0.05, 0.1) is 24.1 Å². The highest BCUT2D eigenvalue weighted by Crippen LogP contribution is 2.21. The van der Waals surface area contributed by atoms with Crippen LogP contribution in [0.25, 0.3) is 0 Å². The molecule has 0 unspecified atom stereocenters. The van der Waals surface area contributed by atoms with Crippen LogP contribution in [0.4, 0.5) is 11.5 Å². The number of hydrogen-bond donors (Lipinski definition) is 2. The van der Waals surface area contributed by atoms with Crippen LogP contribution in [0.2, 0.25) is 0 Å². The highest BCUT2D eigenvalue weighted by molar-refractivity contribution is 5.77. The van der Waals surface area contributed by atoms with Gasteiger partial charge in [0, 0.05) is 44.0 Å². The zero-order valence-corrected chi connectivity index (χ0v) is 18.7. The van der Waals surface area contributed by atoms with Crippen molar-refractivity contribution in [3.8, 4) is 6.07 Å². The Hall–Kier alpha value is -3.45. The molecule has 3 heterocycles. The van der Waals surface area contributed by atoms with E-state index in [4.69, 9.17) is 10.00 Å². The van der Waals surface area contributed by atoms with Gasteiger partial charge in [-0.15, -0.1) is 0 Å². The second kappa shape index (κ2) is 10.7. The van der Waals surface area contributed by atoms with Gasteiger partial charge < -0.3 is 19.9 Å². The summed E-state index contributed by atoms with van der Waals surface area (Å²) in [5, 5.41) is 18.3. The van der Waals surface area contributed by atoms with Crippen LogP contribution in [-0.2, 0) is 9.53 Å². The molecule has 170 valence electrons. The highest BCUT2D eigenvalue weighted by Gasteiger charge is 2.26. The number of H-pyrrole nitrogens is 1. The van der Waals surface area contributed by atoms with Crippen molar-refractivity contribution >= 4 is 17.4 Å². The molecule has 1 aliphatic heterocycles. The average molecular weight is 440 g/mol. The Morgan fingerprint density at radius 1 is 1.41 bits per heavy atom. The van der Waals surface area contributed by atoms with Crippen molar-refractivity contribution in [1.82, 2.24) is 20.1 Å². The van der Waals surface area contributed by atoms with Gasteiger partial charge >= 0.3 is 0 Å². The predicted molar refractivity (Wildman–Crippen MR) is 120 cm³/mol. The first-order valence-corrected chi connectivity index (χ1v) is 10.6. The minimum absolute atomic E-state index is 0.00647. The summed E-state index contributed by atoms with van der Waals surface area (Å²) < 4.78 is 5.62. The molecule has 1 fully saturated rings. The van der Waals surface area contributed by atoms with E-state index in [9.17, 15) is 9.59 Å². The smallest absolute Gasteiger partial charge is 0.269 e. The molecule has 32 heavy (non-hydrogen) atoms. The number of aromatic amines is 1. The van der Waals surface area contributed by atoms with E-state index in [0.29, 0.717) is 23.4 Å². The molecule has 0 saturated carbocycles. The lowest BCUT2D eigenvalue weighted by atomic mass is 10.0. The molecule has 10 heteroatoms. The molecule has 1 atom stereocenters. The Balaban J connectivity index is 1.40. The van der Waals surface area contributed by atoms with E-state index in [1.165, 1.54) is 0 Å². The SMILES string of the molecule is Cc1c(N[C@@H](C)COCC(=O)N(C)C2CCN(c3ccc(C#N)cn3)CC2)cn[nH]c1=O. The minimum Gasteiger partial charge on any atom is -0.379 e. The molecular formula is C22H29N7O3. The maximum absolute atomic E-state index is 12.6. The minimum atomic E-state index is -0.235. The van der Waals surface area contributed by atoms with Crippen molar-refractivity contribution in [2.24, 2.45) is 0 Å². The van der Waals surface area contributed by atoms with Gasteiger partial charge in [0.15, 0.2) is 0 Å². The summed E-state index contributed by atoms with van der Waals surface area (Å²) in [6, 6.07) is 5.77. The second-order valence-corrected chi connectivity index (χ2v) is 8.04. The fourth-order valence-corrected chi connectivity index (χ4v) is 3.66. The molecule has 1 saturated heterocycles. The van der Waals surface area contributed by atoms with Gasteiger partial charge in [-0.25, -0.2) is 10.1 Å². The average Bonchev–Trinajstić information content (AvgIpc) is 2.81. The van der Waals surface area contributed by atoms with E-state index >= 15 is 0 Å². The van der Waals surface area contributed by atoms with E-state index in [2.05, 4.69) is 31.5 Å². The van der Waals surface area contributed by atoms with Crippen molar-refractivity contribution < 1.29 is 9.53 Å². The summed E-state index contributed by atoms with van der Waals surface area (Å²) in [7, 11) is 1.82. The number of likely N-dealkylation sites (N-methyl/N-ethyl adjacent to an activating group) is 1. The number of piperidine rings is 1. The van der Waals surface area contributed by atoms with E-state index in [-0.39, 0.29) is 30.2 Å². The number of anilines is 2. The molecule has 0 spiro atoms. The topological polar surface area (TPSA) is 127 Å². The molecule has 1 aliphatic rings. The van der Waals surface area contributed by atoms with Gasteiger partial charge in [-0.05, 0) is 38.8 Å². The predicted octanol–water partition coefficient (Wildman–Crippen LogP) is 1.29. The molecule has 2 aromatic rings. The number of ether oxygens (including phenoxy) is 1. The summed E-state index contributed by atoms with van der Waals surface area (Å²) in [6.45, 7) is 5.57. The van der Waals surface area contributed by atoms with Crippen LogP contribution in [0, 0.1) is 18.3 Å². The largest absolute Gasteiger partial charge is 0.379 e. The zero-order valence-electron chi connectivity index (χ0n) is 18.7. The number of nitriles is 1. The number of pyridine rings is 1. The lowest BCUT2D eigenvalue weighted by molar-refractivity contribution is -0.137. The van der Waals surface area contributed by atoms with Gasteiger partial charge in [-0.1, -0.05) is 0 Å². The van der Waals surface area contributed by atoms with Gasteiger partial charge in [0.25, 0.3) is 5.56 Å². The van der Waals surface area contributed by atoms with Crippen LogP contribution in [0.1, 0.15) is 30.9 Å². The van der Waals surface area contributed by atoms with Gasteiger partial charge in [0.1, 0.15) is 18.5 Å². The molecule has 2 aromatic heterocycles. The summed E-state index contributed by atoms with van der Waals surface area (Å²) in [5.74, 6) is 0.799. The highest BCUT2D eigenvalue weighted by atomic mass is 16.5. The molecule has 0 aromatic carbocycles. The quantitative estimate of drug-likeness (QED) is 0.630. The Morgan fingerprint density at radius 2 is 2.16 bits per heavy atom. The van der Waals surface area contributed by atoms with Crippen molar-refractivity contribution in [2.45, 2.75) is 38.8 Å². The first-order valence-electron chi connectivity index (χ1n) is 10.6. The monoisotopic (exact) mass is 439 g/mol. The molecule has 1 amide bonds. The number of rotatable bonds is 8. The molecule has 10 nitrogen and oxygen atoms in total. The molecule has 3 rings (SSSR count). The van der Waals surface area contributed by atoms with E-state index in [0.717, 1.165) is 31.7 Å².